The highest BCUT2D eigenvalue weighted by Crippen LogP contribution is 2.38. The normalized spacial score (nSPS) is 15.2. The Bertz CT molecular complexity index is 1430. The van der Waals surface area contributed by atoms with Gasteiger partial charge >= 0.3 is 0 Å². The SMILES string of the molecule is O=C1c2oc3ccc(Cl)cc3c(=O)c2[C@@H](c2ccc([N+](=O)[O-])cc2)N1CCCn1ccnc1. The number of imidazole rings is 1. The summed E-state index contributed by atoms with van der Waals surface area (Å²) < 4.78 is 7.77. The molecule has 1 amide bonds. The Morgan fingerprint density at radius 1 is 1.12 bits per heavy atom. The number of rotatable bonds is 6. The van der Waals surface area contributed by atoms with Gasteiger partial charge in [0.25, 0.3) is 11.6 Å². The molecule has 0 saturated carbocycles. The summed E-state index contributed by atoms with van der Waals surface area (Å²) in [4.78, 5) is 43.0. The van der Waals surface area contributed by atoms with E-state index in [-0.39, 0.29) is 33.4 Å². The number of hydrogen-bond acceptors (Lipinski definition) is 6. The number of aromatic nitrogens is 2. The van der Waals surface area contributed by atoms with Crippen LogP contribution in [0, 0.1) is 10.1 Å². The fraction of sp³-hybridized carbons (Fsp3) is 0.174. The molecule has 9 nitrogen and oxygen atoms in total. The van der Waals surface area contributed by atoms with Crippen molar-refractivity contribution in [3.05, 3.63) is 103 Å². The molecule has 0 aliphatic carbocycles. The molecule has 0 bridgehead atoms. The van der Waals surface area contributed by atoms with Crippen molar-refractivity contribution in [1.82, 2.24) is 14.5 Å². The van der Waals surface area contributed by atoms with Gasteiger partial charge in [-0.15, -0.1) is 0 Å². The van der Waals surface area contributed by atoms with E-state index >= 15 is 0 Å². The first-order chi connectivity index (χ1) is 15.9. The second-order valence-corrected chi connectivity index (χ2v) is 8.15. The third-order valence-corrected chi connectivity index (χ3v) is 5.96. The first kappa shape index (κ1) is 20.9. The van der Waals surface area contributed by atoms with Gasteiger partial charge in [-0.2, -0.15) is 0 Å². The lowest BCUT2D eigenvalue weighted by atomic mass is 9.98. The minimum atomic E-state index is -0.726. The second-order valence-electron chi connectivity index (χ2n) is 7.72. The molecule has 166 valence electrons. The standard InChI is InChI=1S/C23H17ClN4O5/c24-15-4-7-18-17(12-15)21(29)19-20(14-2-5-16(6-3-14)28(31)32)27(23(30)22(19)33-18)10-1-9-26-11-8-25-13-26/h2-8,11-13,20H,1,9-10H2/t20-/m1/s1. The fourth-order valence-corrected chi connectivity index (χ4v) is 4.36. The summed E-state index contributed by atoms with van der Waals surface area (Å²) in [7, 11) is 0. The van der Waals surface area contributed by atoms with Crippen LogP contribution in [0.15, 0.2) is 70.4 Å². The predicted molar refractivity (Wildman–Crippen MR) is 120 cm³/mol. The summed E-state index contributed by atoms with van der Waals surface area (Å²) in [5.74, 6) is -0.409. The minimum absolute atomic E-state index is 0.0131. The monoisotopic (exact) mass is 464 g/mol. The van der Waals surface area contributed by atoms with E-state index in [0.29, 0.717) is 30.1 Å². The van der Waals surface area contributed by atoms with Gasteiger partial charge in [-0.3, -0.25) is 19.7 Å². The highest BCUT2D eigenvalue weighted by atomic mass is 35.5. The molecule has 1 aliphatic heterocycles. The van der Waals surface area contributed by atoms with E-state index in [1.165, 1.54) is 18.2 Å². The van der Waals surface area contributed by atoms with Gasteiger partial charge in [0, 0.05) is 42.6 Å². The number of carbonyl (C=O) groups excluding carboxylic acids is 1. The zero-order valence-corrected chi connectivity index (χ0v) is 17.9. The van der Waals surface area contributed by atoms with Gasteiger partial charge in [0.05, 0.1) is 28.2 Å². The third-order valence-electron chi connectivity index (χ3n) is 5.72. The Hall–Kier alpha value is -3.98. The summed E-state index contributed by atoms with van der Waals surface area (Å²) in [6, 6.07) is 9.80. The van der Waals surface area contributed by atoms with Gasteiger partial charge in [0.15, 0.2) is 5.43 Å². The Labute approximate surface area is 192 Å². The van der Waals surface area contributed by atoms with Crippen LogP contribution >= 0.6 is 11.6 Å². The van der Waals surface area contributed by atoms with E-state index in [0.717, 1.165) is 0 Å². The number of halogens is 1. The van der Waals surface area contributed by atoms with E-state index < -0.39 is 16.9 Å². The van der Waals surface area contributed by atoms with E-state index in [9.17, 15) is 19.7 Å². The van der Waals surface area contributed by atoms with Crippen LogP contribution in [-0.4, -0.2) is 31.8 Å². The number of benzene rings is 2. The Morgan fingerprint density at radius 3 is 2.61 bits per heavy atom. The molecule has 1 aliphatic rings. The molecule has 0 spiro atoms. The van der Waals surface area contributed by atoms with Crippen LogP contribution in [0.25, 0.3) is 11.0 Å². The summed E-state index contributed by atoms with van der Waals surface area (Å²) in [6.07, 6.45) is 5.81. The maximum absolute atomic E-state index is 13.5. The van der Waals surface area contributed by atoms with Gasteiger partial charge < -0.3 is 13.9 Å². The molecular weight excluding hydrogens is 448 g/mol. The molecule has 0 saturated heterocycles. The van der Waals surface area contributed by atoms with Crippen molar-refractivity contribution in [2.45, 2.75) is 19.0 Å². The molecule has 0 radical (unpaired) electrons. The zero-order chi connectivity index (χ0) is 23.1. The van der Waals surface area contributed by atoms with Crippen LogP contribution < -0.4 is 5.43 Å². The number of fused-ring (bicyclic) bond motifs is 2. The topological polar surface area (TPSA) is 111 Å². The molecule has 10 heteroatoms. The predicted octanol–water partition coefficient (Wildman–Crippen LogP) is 4.19. The molecule has 1 atom stereocenters. The highest BCUT2D eigenvalue weighted by Gasteiger charge is 2.42. The second kappa shape index (κ2) is 8.18. The molecule has 0 unspecified atom stereocenters. The molecule has 33 heavy (non-hydrogen) atoms. The largest absolute Gasteiger partial charge is 0.450 e. The van der Waals surface area contributed by atoms with Gasteiger partial charge in [-0.25, -0.2) is 4.98 Å². The van der Waals surface area contributed by atoms with Crippen molar-refractivity contribution in [3.8, 4) is 0 Å². The van der Waals surface area contributed by atoms with Crippen LogP contribution in [-0.2, 0) is 6.54 Å². The van der Waals surface area contributed by atoms with Crippen LogP contribution in [0.3, 0.4) is 0 Å². The number of amides is 1. The summed E-state index contributed by atoms with van der Waals surface area (Å²) in [6.45, 7) is 0.978. The lowest BCUT2D eigenvalue weighted by Gasteiger charge is -2.25. The van der Waals surface area contributed by atoms with Crippen LogP contribution in [0.1, 0.15) is 34.1 Å². The van der Waals surface area contributed by atoms with Crippen molar-refractivity contribution in [3.63, 3.8) is 0 Å². The number of aryl methyl sites for hydroxylation is 1. The first-order valence-electron chi connectivity index (χ1n) is 10.2. The van der Waals surface area contributed by atoms with E-state index in [4.69, 9.17) is 16.0 Å². The van der Waals surface area contributed by atoms with Crippen molar-refractivity contribution >= 4 is 34.2 Å². The number of non-ortho nitro benzene ring substituents is 1. The van der Waals surface area contributed by atoms with Crippen molar-refractivity contribution in [2.75, 3.05) is 6.54 Å². The fourth-order valence-electron chi connectivity index (χ4n) is 4.19. The highest BCUT2D eigenvalue weighted by molar-refractivity contribution is 6.31. The van der Waals surface area contributed by atoms with Crippen LogP contribution in [0.4, 0.5) is 5.69 Å². The average molecular weight is 465 g/mol. The molecule has 0 fully saturated rings. The molecule has 0 N–H and O–H groups in total. The Morgan fingerprint density at radius 2 is 1.91 bits per heavy atom. The van der Waals surface area contributed by atoms with Gasteiger partial charge in [0.2, 0.25) is 5.76 Å². The van der Waals surface area contributed by atoms with Crippen LogP contribution in [0.5, 0.6) is 0 Å². The minimum Gasteiger partial charge on any atom is -0.450 e. The van der Waals surface area contributed by atoms with Crippen LogP contribution in [0.2, 0.25) is 5.02 Å². The first-order valence-corrected chi connectivity index (χ1v) is 10.6. The molecule has 5 rings (SSSR count). The van der Waals surface area contributed by atoms with Gasteiger partial charge in [0.1, 0.15) is 5.58 Å². The summed E-state index contributed by atoms with van der Waals surface area (Å²) >= 11 is 6.09. The summed E-state index contributed by atoms with van der Waals surface area (Å²) in [5, 5.41) is 11.7. The van der Waals surface area contributed by atoms with Crippen molar-refractivity contribution in [2.24, 2.45) is 0 Å². The number of hydrogen-bond donors (Lipinski definition) is 0. The maximum Gasteiger partial charge on any atom is 0.290 e. The van der Waals surface area contributed by atoms with Gasteiger partial charge in [-0.05, 0) is 42.3 Å². The quantitative estimate of drug-likeness (QED) is 0.312. The maximum atomic E-state index is 13.5. The number of nitro benzene ring substituents is 1. The lowest BCUT2D eigenvalue weighted by molar-refractivity contribution is -0.384. The van der Waals surface area contributed by atoms with E-state index in [1.54, 1.807) is 41.7 Å². The number of nitro groups is 1. The number of nitrogens with zero attached hydrogens (tertiary/aromatic N) is 4. The molecular formula is C23H17ClN4O5. The molecule has 3 heterocycles. The molecule has 4 aromatic rings. The molecule has 2 aromatic carbocycles. The molecule has 2 aromatic heterocycles. The van der Waals surface area contributed by atoms with Crippen molar-refractivity contribution in [1.29, 1.82) is 0 Å². The zero-order valence-electron chi connectivity index (χ0n) is 17.2. The third kappa shape index (κ3) is 3.66. The summed E-state index contributed by atoms with van der Waals surface area (Å²) in [5.41, 5.74) is 0.657. The van der Waals surface area contributed by atoms with Crippen molar-refractivity contribution < 1.29 is 14.1 Å². The van der Waals surface area contributed by atoms with E-state index in [1.807, 2.05) is 10.8 Å². The lowest BCUT2D eigenvalue weighted by Crippen LogP contribution is -2.31. The number of carbonyl (C=O) groups is 1. The smallest absolute Gasteiger partial charge is 0.290 e. The average Bonchev–Trinajstić information content (AvgIpc) is 3.42. The Balaban J connectivity index is 1.60. The van der Waals surface area contributed by atoms with E-state index in [2.05, 4.69) is 4.98 Å². The van der Waals surface area contributed by atoms with Gasteiger partial charge in [-0.1, -0.05) is 11.6 Å². The Kier molecular flexibility index (Phi) is 5.18.